The van der Waals surface area contributed by atoms with Crippen molar-refractivity contribution in [3.63, 3.8) is 0 Å². The Balaban J connectivity index is 1.79. The van der Waals surface area contributed by atoms with Gasteiger partial charge in [0, 0.05) is 19.6 Å². The maximum absolute atomic E-state index is 12.8. The molecule has 0 aromatic heterocycles. The van der Waals surface area contributed by atoms with E-state index in [-0.39, 0.29) is 5.82 Å². The van der Waals surface area contributed by atoms with E-state index in [1.54, 1.807) is 12.1 Å². The first-order valence-corrected chi connectivity index (χ1v) is 6.83. The fourth-order valence-corrected chi connectivity index (χ4v) is 2.36. The molecular weight excluding hydrogens is 247 g/mol. The zero-order chi connectivity index (χ0) is 13.0. The molecule has 2 nitrogen and oxygen atoms in total. The summed E-state index contributed by atoms with van der Waals surface area (Å²) < 4.78 is 12.8. The van der Waals surface area contributed by atoms with Gasteiger partial charge in [-0.15, -0.1) is 0 Å². The Morgan fingerprint density at radius 1 is 1.33 bits per heavy atom. The highest BCUT2D eigenvalue weighted by Crippen LogP contribution is 2.16. The monoisotopic (exact) mass is 266 g/mol. The topological polar surface area (TPSA) is 15.3 Å². The Morgan fingerprint density at radius 2 is 1.94 bits per heavy atom. The van der Waals surface area contributed by atoms with Crippen molar-refractivity contribution >= 4 is 17.3 Å². The molecule has 0 amide bonds. The summed E-state index contributed by atoms with van der Waals surface area (Å²) in [6.45, 7) is 5.02. The van der Waals surface area contributed by atoms with Gasteiger partial charge in [0.05, 0.1) is 0 Å². The Bertz CT molecular complexity index is 397. The van der Waals surface area contributed by atoms with Gasteiger partial charge in [-0.3, -0.25) is 0 Å². The highest BCUT2D eigenvalue weighted by atomic mass is 32.1. The van der Waals surface area contributed by atoms with Crippen LogP contribution in [0.4, 0.5) is 4.39 Å². The molecule has 18 heavy (non-hydrogen) atoms. The molecule has 2 rings (SSSR count). The van der Waals surface area contributed by atoms with Crippen molar-refractivity contribution in [3.8, 4) is 0 Å². The molecule has 0 radical (unpaired) electrons. The molecule has 1 heterocycles. The van der Waals surface area contributed by atoms with Crippen molar-refractivity contribution < 1.29 is 4.39 Å². The molecule has 1 fully saturated rings. The number of nitrogens with zero attached hydrogens (tertiary/aromatic N) is 1. The second-order valence-corrected chi connectivity index (χ2v) is 5.34. The fourth-order valence-electron chi connectivity index (χ4n) is 2.10. The van der Waals surface area contributed by atoms with Crippen LogP contribution in [-0.4, -0.2) is 23.1 Å². The van der Waals surface area contributed by atoms with E-state index in [9.17, 15) is 4.39 Å². The Morgan fingerprint density at radius 3 is 2.56 bits per heavy atom. The van der Waals surface area contributed by atoms with Crippen LogP contribution < -0.4 is 5.32 Å². The van der Waals surface area contributed by atoms with Gasteiger partial charge in [0.1, 0.15) is 5.82 Å². The molecule has 0 saturated carbocycles. The predicted molar refractivity (Wildman–Crippen MR) is 75.8 cm³/mol. The first-order valence-electron chi connectivity index (χ1n) is 6.42. The van der Waals surface area contributed by atoms with Crippen LogP contribution in [0, 0.1) is 11.7 Å². The summed E-state index contributed by atoms with van der Waals surface area (Å²) in [7, 11) is 0. The van der Waals surface area contributed by atoms with Crippen molar-refractivity contribution in [2.45, 2.75) is 26.3 Å². The SMILES string of the molecule is CC1CCN(C(=S)NCc2ccc(F)cc2)CC1. The molecule has 1 aliphatic rings. The number of hydrogen-bond donors (Lipinski definition) is 1. The van der Waals surface area contributed by atoms with Gasteiger partial charge in [0.15, 0.2) is 5.11 Å². The zero-order valence-electron chi connectivity index (χ0n) is 10.7. The van der Waals surface area contributed by atoms with Crippen LogP contribution in [-0.2, 0) is 6.54 Å². The minimum absolute atomic E-state index is 0.202. The number of nitrogens with one attached hydrogen (secondary N) is 1. The standard InChI is InChI=1S/C14H19FN2S/c1-11-6-8-17(9-7-11)14(18)16-10-12-2-4-13(15)5-3-12/h2-5,11H,6-10H2,1H3,(H,16,18). The first-order chi connectivity index (χ1) is 8.65. The molecule has 1 N–H and O–H groups in total. The number of thiocarbonyl (C=S) groups is 1. The van der Waals surface area contributed by atoms with Crippen LogP contribution in [0.25, 0.3) is 0 Å². The molecule has 1 aliphatic heterocycles. The van der Waals surface area contributed by atoms with Gasteiger partial charge in [0.25, 0.3) is 0 Å². The molecule has 98 valence electrons. The summed E-state index contributed by atoms with van der Waals surface area (Å²) in [6, 6.07) is 6.51. The van der Waals surface area contributed by atoms with Gasteiger partial charge in [-0.05, 0) is 48.7 Å². The maximum Gasteiger partial charge on any atom is 0.169 e. The first kappa shape index (κ1) is 13.3. The fraction of sp³-hybridized carbons (Fsp3) is 0.500. The Kier molecular flexibility index (Phi) is 4.53. The van der Waals surface area contributed by atoms with Crippen LogP contribution in [0.2, 0.25) is 0 Å². The lowest BCUT2D eigenvalue weighted by atomic mass is 10.00. The predicted octanol–water partition coefficient (Wildman–Crippen LogP) is 2.93. The van der Waals surface area contributed by atoms with E-state index in [2.05, 4.69) is 17.1 Å². The molecule has 0 bridgehead atoms. The van der Waals surface area contributed by atoms with Gasteiger partial charge in [0.2, 0.25) is 0 Å². The number of piperidine rings is 1. The molecule has 0 unspecified atom stereocenters. The summed E-state index contributed by atoms with van der Waals surface area (Å²) in [5.41, 5.74) is 1.05. The molecule has 4 heteroatoms. The summed E-state index contributed by atoms with van der Waals surface area (Å²) in [5.74, 6) is 0.604. The van der Waals surface area contributed by atoms with E-state index < -0.39 is 0 Å². The van der Waals surface area contributed by atoms with E-state index >= 15 is 0 Å². The minimum atomic E-state index is -0.202. The third-order valence-electron chi connectivity index (χ3n) is 3.43. The summed E-state index contributed by atoms with van der Waals surface area (Å²) in [4.78, 5) is 2.22. The van der Waals surface area contributed by atoms with Crippen molar-refractivity contribution in [1.82, 2.24) is 10.2 Å². The number of benzene rings is 1. The molecule has 1 aromatic carbocycles. The summed E-state index contributed by atoms with van der Waals surface area (Å²) in [6.07, 6.45) is 2.41. The molecule has 0 atom stereocenters. The normalized spacial score (nSPS) is 16.7. The largest absolute Gasteiger partial charge is 0.358 e. The highest BCUT2D eigenvalue weighted by molar-refractivity contribution is 7.80. The zero-order valence-corrected chi connectivity index (χ0v) is 11.5. The lowest BCUT2D eigenvalue weighted by Gasteiger charge is -2.32. The number of halogens is 1. The van der Waals surface area contributed by atoms with E-state index in [0.717, 1.165) is 29.7 Å². The average Bonchev–Trinajstić information content (AvgIpc) is 2.38. The molecular formula is C14H19FN2S. The van der Waals surface area contributed by atoms with E-state index in [4.69, 9.17) is 12.2 Å². The van der Waals surface area contributed by atoms with Crippen molar-refractivity contribution in [3.05, 3.63) is 35.6 Å². The number of rotatable bonds is 2. The summed E-state index contributed by atoms with van der Waals surface area (Å²) >= 11 is 5.38. The quantitative estimate of drug-likeness (QED) is 0.829. The van der Waals surface area contributed by atoms with Crippen molar-refractivity contribution in [2.24, 2.45) is 5.92 Å². The van der Waals surface area contributed by atoms with Crippen LogP contribution in [0.15, 0.2) is 24.3 Å². The second kappa shape index (κ2) is 6.14. The van der Waals surface area contributed by atoms with Gasteiger partial charge < -0.3 is 10.2 Å². The van der Waals surface area contributed by atoms with E-state index in [0.29, 0.717) is 6.54 Å². The van der Waals surface area contributed by atoms with Gasteiger partial charge in [-0.2, -0.15) is 0 Å². The molecule has 1 saturated heterocycles. The van der Waals surface area contributed by atoms with Gasteiger partial charge >= 0.3 is 0 Å². The molecule has 1 aromatic rings. The smallest absolute Gasteiger partial charge is 0.169 e. The van der Waals surface area contributed by atoms with Gasteiger partial charge in [-0.1, -0.05) is 19.1 Å². The van der Waals surface area contributed by atoms with E-state index in [1.165, 1.54) is 25.0 Å². The lowest BCUT2D eigenvalue weighted by molar-refractivity contribution is 0.278. The summed E-state index contributed by atoms with van der Waals surface area (Å²) in [5, 5.41) is 4.05. The Labute approximate surface area is 113 Å². The van der Waals surface area contributed by atoms with Crippen molar-refractivity contribution in [2.75, 3.05) is 13.1 Å². The average molecular weight is 266 g/mol. The lowest BCUT2D eigenvalue weighted by Crippen LogP contribution is -2.43. The van der Waals surface area contributed by atoms with E-state index in [1.807, 2.05) is 0 Å². The number of hydrogen-bond acceptors (Lipinski definition) is 1. The van der Waals surface area contributed by atoms with Crippen LogP contribution in [0.1, 0.15) is 25.3 Å². The van der Waals surface area contributed by atoms with Crippen LogP contribution in [0.5, 0.6) is 0 Å². The second-order valence-electron chi connectivity index (χ2n) is 4.95. The highest BCUT2D eigenvalue weighted by Gasteiger charge is 2.17. The third kappa shape index (κ3) is 3.67. The van der Waals surface area contributed by atoms with Crippen LogP contribution in [0.3, 0.4) is 0 Å². The maximum atomic E-state index is 12.8. The molecule has 0 spiro atoms. The van der Waals surface area contributed by atoms with Gasteiger partial charge in [-0.25, -0.2) is 4.39 Å². The third-order valence-corrected chi connectivity index (χ3v) is 3.83. The van der Waals surface area contributed by atoms with Crippen LogP contribution >= 0.6 is 12.2 Å². The molecule has 0 aliphatic carbocycles. The van der Waals surface area contributed by atoms with Crippen molar-refractivity contribution in [1.29, 1.82) is 0 Å². The number of likely N-dealkylation sites (tertiary alicyclic amines) is 1. The minimum Gasteiger partial charge on any atom is -0.358 e. The Hall–Kier alpha value is -1.16.